The molecule has 1 saturated heterocycles. The number of hydrogen-bond acceptors (Lipinski definition) is 3. The molecule has 0 aliphatic carbocycles. The first kappa shape index (κ1) is 15.5. The van der Waals surface area contributed by atoms with Crippen LogP contribution in [0.1, 0.15) is 46.0 Å². The van der Waals surface area contributed by atoms with E-state index in [4.69, 9.17) is 5.11 Å². The molecule has 0 aromatic rings. The lowest BCUT2D eigenvalue weighted by Gasteiger charge is -2.25. The Bertz CT molecular complexity index is 357. The molecule has 6 heteroatoms. The molecule has 0 aromatic carbocycles. The number of carboxylic acid groups (broad SMARTS) is 1. The standard InChI is InChI=1S/C13H22N2O4/c1-3-6-11(16)15-8-5-7-10(15)12(17)14-9(4-2)13(18)19/h9-10H,3-8H2,1-2H3,(H,14,17)(H,18,19). The van der Waals surface area contributed by atoms with Crippen molar-refractivity contribution >= 4 is 17.8 Å². The number of carboxylic acids is 1. The summed E-state index contributed by atoms with van der Waals surface area (Å²) in [6.07, 6.45) is 2.90. The van der Waals surface area contributed by atoms with Crippen molar-refractivity contribution in [2.45, 2.75) is 58.0 Å². The van der Waals surface area contributed by atoms with Gasteiger partial charge in [-0.05, 0) is 25.7 Å². The minimum atomic E-state index is -1.04. The molecule has 0 aromatic heterocycles. The summed E-state index contributed by atoms with van der Waals surface area (Å²) in [6, 6.07) is -1.39. The Balaban J connectivity index is 2.64. The Labute approximate surface area is 113 Å². The molecule has 1 rings (SSSR count). The molecule has 2 unspecified atom stereocenters. The molecular formula is C13H22N2O4. The number of nitrogens with one attached hydrogen (secondary N) is 1. The summed E-state index contributed by atoms with van der Waals surface area (Å²) in [5.41, 5.74) is 0. The van der Waals surface area contributed by atoms with Crippen molar-refractivity contribution in [3.8, 4) is 0 Å². The van der Waals surface area contributed by atoms with Crippen LogP contribution in [0, 0.1) is 0 Å². The van der Waals surface area contributed by atoms with E-state index in [-0.39, 0.29) is 11.8 Å². The van der Waals surface area contributed by atoms with Crippen molar-refractivity contribution in [2.24, 2.45) is 0 Å². The van der Waals surface area contributed by atoms with Crippen molar-refractivity contribution in [1.29, 1.82) is 0 Å². The number of hydrogen-bond donors (Lipinski definition) is 2. The van der Waals surface area contributed by atoms with Crippen LogP contribution in [0.25, 0.3) is 0 Å². The number of nitrogens with zero attached hydrogens (tertiary/aromatic N) is 1. The first-order chi connectivity index (χ1) is 9.01. The van der Waals surface area contributed by atoms with Gasteiger partial charge in [0.25, 0.3) is 0 Å². The van der Waals surface area contributed by atoms with Gasteiger partial charge in [-0.3, -0.25) is 9.59 Å². The fourth-order valence-electron chi connectivity index (χ4n) is 2.30. The second-order valence-corrected chi connectivity index (χ2v) is 4.80. The average molecular weight is 270 g/mol. The molecule has 6 nitrogen and oxygen atoms in total. The van der Waals surface area contributed by atoms with Gasteiger partial charge in [-0.2, -0.15) is 0 Å². The lowest BCUT2D eigenvalue weighted by Crippen LogP contribution is -2.50. The Morgan fingerprint density at radius 3 is 2.58 bits per heavy atom. The van der Waals surface area contributed by atoms with E-state index in [0.29, 0.717) is 25.8 Å². The number of carbonyl (C=O) groups is 3. The van der Waals surface area contributed by atoms with E-state index < -0.39 is 18.1 Å². The summed E-state index contributed by atoms with van der Waals surface area (Å²) < 4.78 is 0. The average Bonchev–Trinajstić information content (AvgIpc) is 2.84. The summed E-state index contributed by atoms with van der Waals surface area (Å²) in [5, 5.41) is 11.4. The smallest absolute Gasteiger partial charge is 0.326 e. The molecule has 19 heavy (non-hydrogen) atoms. The summed E-state index contributed by atoms with van der Waals surface area (Å²) in [6.45, 7) is 4.20. The monoisotopic (exact) mass is 270 g/mol. The Morgan fingerprint density at radius 2 is 2.05 bits per heavy atom. The van der Waals surface area contributed by atoms with Crippen LogP contribution in [0.5, 0.6) is 0 Å². The first-order valence-electron chi connectivity index (χ1n) is 6.83. The molecule has 1 fully saturated rings. The van der Waals surface area contributed by atoms with Gasteiger partial charge >= 0.3 is 5.97 Å². The van der Waals surface area contributed by atoms with Gasteiger partial charge in [-0.15, -0.1) is 0 Å². The van der Waals surface area contributed by atoms with Crippen LogP contribution in [0.15, 0.2) is 0 Å². The van der Waals surface area contributed by atoms with Crippen molar-refractivity contribution in [2.75, 3.05) is 6.54 Å². The largest absolute Gasteiger partial charge is 0.480 e. The third-order valence-corrected chi connectivity index (χ3v) is 3.36. The van der Waals surface area contributed by atoms with Gasteiger partial charge in [0.05, 0.1) is 0 Å². The van der Waals surface area contributed by atoms with Crippen molar-refractivity contribution in [3.63, 3.8) is 0 Å². The predicted molar refractivity (Wildman–Crippen MR) is 69.5 cm³/mol. The quantitative estimate of drug-likeness (QED) is 0.746. The zero-order valence-corrected chi connectivity index (χ0v) is 11.5. The van der Waals surface area contributed by atoms with E-state index in [0.717, 1.165) is 12.8 Å². The van der Waals surface area contributed by atoms with E-state index in [1.165, 1.54) is 0 Å². The molecule has 108 valence electrons. The normalized spacial score (nSPS) is 20.1. The maximum absolute atomic E-state index is 12.1. The zero-order chi connectivity index (χ0) is 14.4. The minimum absolute atomic E-state index is 0.0245. The van der Waals surface area contributed by atoms with E-state index in [1.54, 1.807) is 11.8 Å². The molecule has 2 amide bonds. The van der Waals surface area contributed by atoms with E-state index in [2.05, 4.69) is 5.32 Å². The van der Waals surface area contributed by atoms with Crippen LogP contribution in [-0.4, -0.2) is 46.4 Å². The lowest BCUT2D eigenvalue weighted by molar-refractivity contribution is -0.143. The molecule has 0 spiro atoms. The van der Waals surface area contributed by atoms with Crippen LogP contribution in [-0.2, 0) is 14.4 Å². The highest BCUT2D eigenvalue weighted by molar-refractivity contribution is 5.90. The van der Waals surface area contributed by atoms with Gasteiger partial charge in [0.15, 0.2) is 0 Å². The predicted octanol–water partition coefficient (Wildman–Crippen LogP) is 0.757. The SMILES string of the molecule is CCCC(=O)N1CCCC1C(=O)NC(CC)C(=O)O. The second kappa shape index (κ2) is 7.11. The fourth-order valence-corrected chi connectivity index (χ4v) is 2.30. The number of likely N-dealkylation sites (tertiary alicyclic amines) is 1. The van der Waals surface area contributed by atoms with Crippen LogP contribution >= 0.6 is 0 Å². The van der Waals surface area contributed by atoms with Crippen LogP contribution in [0.2, 0.25) is 0 Å². The Morgan fingerprint density at radius 1 is 1.37 bits per heavy atom. The fraction of sp³-hybridized carbons (Fsp3) is 0.769. The van der Waals surface area contributed by atoms with Gasteiger partial charge in [-0.1, -0.05) is 13.8 Å². The molecule has 2 N–H and O–H groups in total. The zero-order valence-electron chi connectivity index (χ0n) is 11.5. The van der Waals surface area contributed by atoms with Crippen molar-refractivity contribution in [3.05, 3.63) is 0 Å². The highest BCUT2D eigenvalue weighted by Gasteiger charge is 2.34. The molecule has 0 radical (unpaired) electrons. The van der Waals surface area contributed by atoms with E-state index in [9.17, 15) is 14.4 Å². The maximum atomic E-state index is 12.1. The summed E-state index contributed by atoms with van der Waals surface area (Å²) >= 11 is 0. The summed E-state index contributed by atoms with van der Waals surface area (Å²) in [7, 11) is 0. The van der Waals surface area contributed by atoms with Gasteiger partial charge in [0.2, 0.25) is 11.8 Å². The molecule has 0 saturated carbocycles. The third-order valence-electron chi connectivity index (χ3n) is 3.36. The van der Waals surface area contributed by atoms with E-state index >= 15 is 0 Å². The number of amides is 2. The molecule has 1 aliphatic rings. The first-order valence-corrected chi connectivity index (χ1v) is 6.83. The third kappa shape index (κ3) is 3.94. The van der Waals surface area contributed by atoms with Crippen molar-refractivity contribution < 1.29 is 19.5 Å². The molecule has 1 heterocycles. The topological polar surface area (TPSA) is 86.7 Å². The number of aliphatic carboxylic acids is 1. The van der Waals surface area contributed by atoms with Crippen LogP contribution in [0.3, 0.4) is 0 Å². The van der Waals surface area contributed by atoms with Crippen molar-refractivity contribution in [1.82, 2.24) is 10.2 Å². The minimum Gasteiger partial charge on any atom is -0.480 e. The lowest BCUT2D eigenvalue weighted by atomic mass is 10.1. The second-order valence-electron chi connectivity index (χ2n) is 4.80. The molecule has 1 aliphatic heterocycles. The summed E-state index contributed by atoms with van der Waals surface area (Å²) in [4.78, 5) is 36.4. The van der Waals surface area contributed by atoms with Gasteiger partial charge in [0, 0.05) is 13.0 Å². The Hall–Kier alpha value is -1.59. The molecule has 0 bridgehead atoms. The van der Waals surface area contributed by atoms with Gasteiger partial charge < -0.3 is 15.3 Å². The Kier molecular flexibility index (Phi) is 5.79. The number of rotatable bonds is 6. The van der Waals surface area contributed by atoms with Gasteiger partial charge in [-0.25, -0.2) is 4.79 Å². The molecular weight excluding hydrogens is 248 g/mol. The van der Waals surface area contributed by atoms with Crippen LogP contribution < -0.4 is 5.32 Å². The van der Waals surface area contributed by atoms with Gasteiger partial charge in [0.1, 0.15) is 12.1 Å². The van der Waals surface area contributed by atoms with E-state index in [1.807, 2.05) is 6.92 Å². The highest BCUT2D eigenvalue weighted by Crippen LogP contribution is 2.19. The maximum Gasteiger partial charge on any atom is 0.326 e. The number of carbonyl (C=O) groups excluding carboxylic acids is 2. The molecule has 2 atom stereocenters. The highest BCUT2D eigenvalue weighted by atomic mass is 16.4. The van der Waals surface area contributed by atoms with Crippen LogP contribution in [0.4, 0.5) is 0 Å². The summed E-state index contributed by atoms with van der Waals surface area (Å²) in [5.74, 6) is -1.42.